The van der Waals surface area contributed by atoms with Crippen LogP contribution in [0.5, 0.6) is 0 Å². The molecule has 3 aromatic heterocycles. The van der Waals surface area contributed by atoms with Crippen molar-refractivity contribution in [2.75, 3.05) is 6.54 Å². The minimum absolute atomic E-state index is 0.0261. The molecule has 0 radical (unpaired) electrons. The maximum atomic E-state index is 13.7. The van der Waals surface area contributed by atoms with Gasteiger partial charge < -0.3 is 15.6 Å². The number of aromatic nitrogens is 4. The summed E-state index contributed by atoms with van der Waals surface area (Å²) < 4.78 is 13.7. The number of fused-ring (bicyclic) bond motifs is 1. The molecule has 0 aliphatic heterocycles. The van der Waals surface area contributed by atoms with Gasteiger partial charge in [-0.15, -0.1) is 11.3 Å². The molecule has 1 aromatic carbocycles. The van der Waals surface area contributed by atoms with E-state index in [-0.39, 0.29) is 18.1 Å². The number of carbonyl (C=O) groups excluding carboxylic acids is 1. The first-order chi connectivity index (χ1) is 14.6. The van der Waals surface area contributed by atoms with Crippen LogP contribution in [0.3, 0.4) is 0 Å². The first-order valence-corrected chi connectivity index (χ1v) is 10.5. The lowest BCUT2D eigenvalue weighted by Gasteiger charge is -2.05. The number of aromatic amines is 1. The van der Waals surface area contributed by atoms with Crippen molar-refractivity contribution in [3.63, 3.8) is 0 Å². The highest BCUT2D eigenvalue weighted by Gasteiger charge is 2.12. The van der Waals surface area contributed by atoms with E-state index < -0.39 is 5.82 Å². The van der Waals surface area contributed by atoms with Gasteiger partial charge in [0.25, 0.3) is 5.91 Å². The van der Waals surface area contributed by atoms with Crippen LogP contribution in [0.4, 0.5) is 4.39 Å². The second-order valence-electron chi connectivity index (χ2n) is 6.82. The molecular weight excluding hydrogens is 403 g/mol. The molecule has 0 fully saturated rings. The number of pyridine rings is 1. The lowest BCUT2D eigenvalue weighted by atomic mass is 10.3. The number of hydrogen-bond donors (Lipinski definition) is 3. The van der Waals surface area contributed by atoms with Gasteiger partial charge in [-0.25, -0.2) is 14.4 Å². The molecule has 30 heavy (non-hydrogen) atoms. The number of rotatable bonds is 8. The molecule has 3 N–H and O–H groups in total. The molecule has 154 valence electrons. The first-order valence-electron chi connectivity index (χ1n) is 9.57. The molecule has 0 bridgehead atoms. The molecule has 1 amide bonds. The first kappa shape index (κ1) is 20.1. The molecule has 0 unspecified atom stereocenters. The normalized spacial score (nSPS) is 11.1. The van der Waals surface area contributed by atoms with Crippen LogP contribution < -0.4 is 10.6 Å². The second-order valence-corrected chi connectivity index (χ2v) is 7.76. The molecule has 0 saturated carbocycles. The molecule has 0 spiro atoms. The lowest BCUT2D eigenvalue weighted by molar-refractivity contribution is 0.0945. The number of benzene rings is 1. The number of aryl methyl sites for hydroxylation is 1. The van der Waals surface area contributed by atoms with Gasteiger partial charge in [-0.1, -0.05) is 12.1 Å². The summed E-state index contributed by atoms with van der Waals surface area (Å²) in [6.45, 7) is 3.14. The smallest absolute Gasteiger partial charge is 0.271 e. The van der Waals surface area contributed by atoms with E-state index in [1.54, 1.807) is 18.4 Å². The van der Waals surface area contributed by atoms with Crippen LogP contribution >= 0.6 is 11.3 Å². The Hall–Kier alpha value is -3.17. The summed E-state index contributed by atoms with van der Waals surface area (Å²) in [5.74, 6) is 0.109. The third kappa shape index (κ3) is 4.87. The van der Waals surface area contributed by atoms with Gasteiger partial charge in [0, 0.05) is 24.0 Å². The van der Waals surface area contributed by atoms with Crippen molar-refractivity contribution in [2.24, 2.45) is 0 Å². The minimum Gasteiger partial charge on any atom is -0.345 e. The summed E-state index contributed by atoms with van der Waals surface area (Å²) >= 11 is 1.43. The highest BCUT2D eigenvalue weighted by molar-refractivity contribution is 7.09. The number of carbonyl (C=O) groups is 1. The van der Waals surface area contributed by atoms with Crippen LogP contribution in [-0.2, 0) is 19.5 Å². The average molecular weight is 425 g/mol. The number of imidazole rings is 1. The van der Waals surface area contributed by atoms with E-state index in [0.29, 0.717) is 30.9 Å². The van der Waals surface area contributed by atoms with Gasteiger partial charge in [0.2, 0.25) is 0 Å². The monoisotopic (exact) mass is 424 g/mol. The number of nitrogens with zero attached hydrogens (tertiary/aromatic N) is 3. The Bertz CT molecular complexity index is 1140. The van der Waals surface area contributed by atoms with Gasteiger partial charge in [-0.3, -0.25) is 9.78 Å². The van der Waals surface area contributed by atoms with Crippen molar-refractivity contribution < 1.29 is 9.18 Å². The van der Waals surface area contributed by atoms with E-state index in [1.165, 1.54) is 17.4 Å². The summed E-state index contributed by atoms with van der Waals surface area (Å²) in [5.41, 5.74) is 3.22. The number of H-pyrrole nitrogens is 1. The molecule has 4 rings (SSSR count). The number of para-hydroxylation sites is 2. The Labute approximate surface area is 176 Å². The quantitative estimate of drug-likeness (QED) is 0.378. The van der Waals surface area contributed by atoms with Gasteiger partial charge >= 0.3 is 0 Å². The molecule has 9 heteroatoms. The summed E-state index contributed by atoms with van der Waals surface area (Å²) in [5, 5.41) is 8.57. The maximum absolute atomic E-state index is 13.7. The summed E-state index contributed by atoms with van der Waals surface area (Å²) in [4.78, 5) is 28.6. The highest BCUT2D eigenvalue weighted by atomic mass is 32.1. The maximum Gasteiger partial charge on any atom is 0.271 e. The highest BCUT2D eigenvalue weighted by Crippen LogP contribution is 2.12. The van der Waals surface area contributed by atoms with Gasteiger partial charge in [-0.05, 0) is 31.2 Å². The van der Waals surface area contributed by atoms with Crippen molar-refractivity contribution in [1.82, 2.24) is 30.6 Å². The molecule has 0 aliphatic carbocycles. The van der Waals surface area contributed by atoms with Crippen molar-refractivity contribution in [1.29, 1.82) is 0 Å². The Kier molecular flexibility index (Phi) is 6.10. The average Bonchev–Trinajstić information content (AvgIpc) is 3.38. The van der Waals surface area contributed by atoms with Crippen molar-refractivity contribution >= 4 is 28.3 Å². The number of halogens is 1. The Morgan fingerprint density at radius 2 is 2.00 bits per heavy atom. The standard InChI is InChI=1S/C21H21FN6OS/c1-13-6-7-14(22)17(25-13)10-24-21(29)18-12-30-20(28-18)8-9-23-11-19-26-15-4-2-3-5-16(15)27-19/h2-7,12,23H,8-11H2,1H3,(H,24,29)(H,26,27). The SMILES string of the molecule is Cc1ccc(F)c(CNC(=O)c2csc(CCNCc3nc4ccccc4[nH]3)n2)n1. The summed E-state index contributed by atoms with van der Waals surface area (Å²) in [7, 11) is 0. The molecule has 3 heterocycles. The van der Waals surface area contributed by atoms with E-state index in [9.17, 15) is 9.18 Å². The van der Waals surface area contributed by atoms with Crippen molar-refractivity contribution in [2.45, 2.75) is 26.4 Å². The third-order valence-corrected chi connectivity index (χ3v) is 5.41. The number of amides is 1. The van der Waals surface area contributed by atoms with Crippen LogP contribution in [0.2, 0.25) is 0 Å². The largest absolute Gasteiger partial charge is 0.345 e. The molecule has 4 aromatic rings. The van der Waals surface area contributed by atoms with Crippen LogP contribution in [0.25, 0.3) is 11.0 Å². The van der Waals surface area contributed by atoms with E-state index in [1.807, 2.05) is 24.3 Å². The van der Waals surface area contributed by atoms with Crippen LogP contribution in [0.15, 0.2) is 41.8 Å². The minimum atomic E-state index is -0.435. The molecular formula is C21H21FN6OS. The Balaban J connectivity index is 1.24. The zero-order chi connectivity index (χ0) is 20.9. The van der Waals surface area contributed by atoms with Crippen molar-refractivity contribution in [3.05, 3.63) is 75.5 Å². The Morgan fingerprint density at radius 3 is 2.87 bits per heavy atom. The number of thiazole rings is 1. The fraction of sp³-hybridized carbons (Fsp3) is 0.238. The third-order valence-electron chi connectivity index (χ3n) is 4.51. The van der Waals surface area contributed by atoms with E-state index in [0.717, 1.165) is 21.9 Å². The molecule has 7 nitrogen and oxygen atoms in total. The van der Waals surface area contributed by atoms with E-state index in [2.05, 4.69) is 30.6 Å². The topological polar surface area (TPSA) is 95.6 Å². The predicted molar refractivity (Wildman–Crippen MR) is 114 cm³/mol. The zero-order valence-corrected chi connectivity index (χ0v) is 17.2. The Morgan fingerprint density at radius 1 is 1.13 bits per heavy atom. The molecule has 0 atom stereocenters. The molecule has 0 saturated heterocycles. The number of nitrogens with one attached hydrogen (secondary N) is 3. The second kappa shape index (κ2) is 9.10. The fourth-order valence-electron chi connectivity index (χ4n) is 2.99. The van der Waals surface area contributed by atoms with Crippen LogP contribution in [-0.4, -0.2) is 32.4 Å². The predicted octanol–water partition coefficient (Wildman–Crippen LogP) is 3.12. The van der Waals surface area contributed by atoms with E-state index in [4.69, 9.17) is 0 Å². The van der Waals surface area contributed by atoms with Crippen LogP contribution in [0.1, 0.15) is 32.7 Å². The summed E-state index contributed by atoms with van der Waals surface area (Å²) in [6.07, 6.45) is 0.701. The lowest BCUT2D eigenvalue weighted by Crippen LogP contribution is -2.24. The van der Waals surface area contributed by atoms with Gasteiger partial charge in [-0.2, -0.15) is 0 Å². The number of hydrogen-bond acceptors (Lipinski definition) is 6. The van der Waals surface area contributed by atoms with Crippen molar-refractivity contribution in [3.8, 4) is 0 Å². The van der Waals surface area contributed by atoms with E-state index >= 15 is 0 Å². The van der Waals surface area contributed by atoms with Gasteiger partial charge in [0.1, 0.15) is 17.3 Å². The molecule has 0 aliphatic rings. The van der Waals surface area contributed by atoms with Crippen LogP contribution in [0, 0.1) is 12.7 Å². The summed E-state index contributed by atoms with van der Waals surface area (Å²) in [6, 6.07) is 10.9. The fourth-order valence-corrected chi connectivity index (χ4v) is 3.77. The zero-order valence-electron chi connectivity index (χ0n) is 16.4. The van der Waals surface area contributed by atoms with Gasteiger partial charge in [0.15, 0.2) is 0 Å². The van der Waals surface area contributed by atoms with Gasteiger partial charge in [0.05, 0.1) is 34.8 Å².